The van der Waals surface area contributed by atoms with Crippen LogP contribution in [0.5, 0.6) is 0 Å². The Morgan fingerprint density at radius 3 is 2.29 bits per heavy atom. The van der Waals surface area contributed by atoms with E-state index in [1.165, 1.54) is 6.42 Å². The van der Waals surface area contributed by atoms with Gasteiger partial charge < -0.3 is 5.11 Å². The first kappa shape index (κ1) is 12.4. The van der Waals surface area contributed by atoms with Crippen molar-refractivity contribution >= 4 is 23.5 Å². The maximum absolute atomic E-state index is 10.1. The number of fused-ring (bicyclic) bond motifs is 3. The molecule has 1 nitrogen and oxygen atoms in total. The average molecular weight is 270 g/mol. The molecule has 4 atom stereocenters. The van der Waals surface area contributed by atoms with E-state index >= 15 is 0 Å². The zero-order valence-electron chi connectivity index (χ0n) is 11.3. The van der Waals surface area contributed by atoms with Gasteiger partial charge in [0.2, 0.25) is 0 Å². The molecule has 3 aliphatic rings. The van der Waals surface area contributed by atoms with Gasteiger partial charge in [-0.25, -0.2) is 0 Å². The van der Waals surface area contributed by atoms with Gasteiger partial charge in [-0.3, -0.25) is 0 Å². The molecule has 17 heavy (non-hydrogen) atoms. The largest absolute Gasteiger partial charge is 0.375 e. The minimum absolute atomic E-state index is 0.292. The van der Waals surface area contributed by atoms with Crippen molar-refractivity contribution in [1.29, 1.82) is 0 Å². The molecule has 0 aromatic rings. The molecular weight excluding hydrogens is 248 g/mol. The number of hydrogen-bond donors (Lipinski definition) is 1. The maximum atomic E-state index is 10.1. The lowest BCUT2D eigenvalue weighted by molar-refractivity contribution is 0.168. The standard InChI is InChI=1S/C14H22OS2/c1-11(2,3)8-12(4,5)13-6-7-14(15)10(17-14)9(13)16-13/h6-7,9-10,15H,8H2,1-5H3. The molecule has 1 N–H and O–H groups in total. The second-order valence-electron chi connectivity index (χ2n) is 7.58. The molecule has 4 unspecified atom stereocenters. The summed E-state index contributed by atoms with van der Waals surface area (Å²) < 4.78 is 0.292. The van der Waals surface area contributed by atoms with Crippen LogP contribution in [0.15, 0.2) is 12.2 Å². The van der Waals surface area contributed by atoms with Crippen molar-refractivity contribution in [2.24, 2.45) is 10.8 Å². The highest BCUT2D eigenvalue weighted by Gasteiger charge is 2.76. The van der Waals surface area contributed by atoms with Gasteiger partial charge in [0, 0.05) is 5.25 Å². The Balaban J connectivity index is 1.85. The highest BCUT2D eigenvalue weighted by Crippen LogP contribution is 2.77. The third-order valence-electron chi connectivity index (χ3n) is 4.23. The number of thioether (sulfide) groups is 2. The Labute approximate surface area is 113 Å². The first-order chi connectivity index (χ1) is 7.60. The van der Waals surface area contributed by atoms with E-state index in [-0.39, 0.29) is 0 Å². The first-order valence-corrected chi connectivity index (χ1v) is 8.14. The van der Waals surface area contributed by atoms with E-state index < -0.39 is 4.93 Å². The van der Waals surface area contributed by atoms with Crippen LogP contribution in [-0.2, 0) is 0 Å². The summed E-state index contributed by atoms with van der Waals surface area (Å²) in [6.45, 7) is 11.8. The zero-order chi connectivity index (χ0) is 12.7. The van der Waals surface area contributed by atoms with Crippen molar-refractivity contribution in [2.75, 3.05) is 0 Å². The van der Waals surface area contributed by atoms with Crippen LogP contribution in [0.4, 0.5) is 0 Å². The molecule has 0 radical (unpaired) electrons. The second kappa shape index (κ2) is 3.10. The summed E-state index contributed by atoms with van der Waals surface area (Å²) in [7, 11) is 0. The van der Waals surface area contributed by atoms with Crippen LogP contribution in [0.25, 0.3) is 0 Å². The fourth-order valence-corrected chi connectivity index (χ4v) is 6.96. The smallest absolute Gasteiger partial charge is 0.142 e. The summed E-state index contributed by atoms with van der Waals surface area (Å²) in [5, 5.41) is 11.2. The van der Waals surface area contributed by atoms with Gasteiger partial charge in [0.15, 0.2) is 0 Å². The Morgan fingerprint density at radius 1 is 1.06 bits per heavy atom. The molecule has 0 aromatic heterocycles. The molecular formula is C14H22OS2. The molecule has 0 bridgehead atoms. The lowest BCUT2D eigenvalue weighted by Gasteiger charge is -2.39. The maximum Gasteiger partial charge on any atom is 0.142 e. The number of hydrogen-bond acceptors (Lipinski definition) is 3. The van der Waals surface area contributed by atoms with Crippen LogP contribution in [0, 0.1) is 10.8 Å². The van der Waals surface area contributed by atoms with Crippen LogP contribution in [-0.4, -0.2) is 25.3 Å². The topological polar surface area (TPSA) is 20.2 Å². The van der Waals surface area contributed by atoms with Crippen LogP contribution in [0.1, 0.15) is 41.0 Å². The Kier molecular flexibility index (Phi) is 2.27. The molecule has 0 aromatic carbocycles. The summed E-state index contributed by atoms with van der Waals surface area (Å²) in [6, 6.07) is 0. The van der Waals surface area contributed by atoms with E-state index in [9.17, 15) is 5.11 Å². The van der Waals surface area contributed by atoms with Crippen molar-refractivity contribution in [1.82, 2.24) is 0 Å². The van der Waals surface area contributed by atoms with Crippen LogP contribution >= 0.6 is 23.5 Å². The fraction of sp³-hybridized carbons (Fsp3) is 0.857. The Morgan fingerprint density at radius 2 is 1.71 bits per heavy atom. The SMILES string of the molecule is CC(C)(C)CC(C)(C)C12C=CC3(O)SC3C1S2. The lowest BCUT2D eigenvalue weighted by Crippen LogP contribution is -2.40. The van der Waals surface area contributed by atoms with Gasteiger partial charge >= 0.3 is 0 Å². The third kappa shape index (κ3) is 1.73. The number of rotatable bonds is 2. The zero-order valence-corrected chi connectivity index (χ0v) is 12.9. The molecule has 0 spiro atoms. The van der Waals surface area contributed by atoms with E-state index in [4.69, 9.17) is 0 Å². The quantitative estimate of drug-likeness (QED) is 0.610. The molecule has 96 valence electrons. The molecule has 3 rings (SSSR count). The van der Waals surface area contributed by atoms with Gasteiger partial charge in [0.1, 0.15) is 4.93 Å². The number of aliphatic hydroxyl groups is 1. The molecule has 2 heterocycles. The third-order valence-corrected chi connectivity index (χ3v) is 7.78. The van der Waals surface area contributed by atoms with Crippen molar-refractivity contribution < 1.29 is 5.11 Å². The Hall–Kier alpha value is 0.400. The van der Waals surface area contributed by atoms with E-state index in [1.807, 2.05) is 0 Å². The van der Waals surface area contributed by atoms with Crippen LogP contribution < -0.4 is 0 Å². The predicted molar refractivity (Wildman–Crippen MR) is 77.4 cm³/mol. The summed E-state index contributed by atoms with van der Waals surface area (Å²) in [6.07, 6.45) is 5.59. The highest BCUT2D eigenvalue weighted by molar-refractivity contribution is 8.14. The van der Waals surface area contributed by atoms with Gasteiger partial charge in [-0.1, -0.05) is 40.7 Å². The van der Waals surface area contributed by atoms with E-state index in [0.717, 1.165) is 0 Å². The normalized spacial score (nSPS) is 47.4. The molecule has 2 fully saturated rings. The van der Waals surface area contributed by atoms with Crippen molar-refractivity contribution in [3.05, 3.63) is 12.2 Å². The summed E-state index contributed by atoms with van der Waals surface area (Å²) >= 11 is 3.81. The molecule has 0 saturated carbocycles. The molecule has 1 aliphatic carbocycles. The van der Waals surface area contributed by atoms with Gasteiger partial charge in [0.05, 0.1) is 10.00 Å². The van der Waals surface area contributed by atoms with Gasteiger partial charge in [-0.15, -0.1) is 23.5 Å². The van der Waals surface area contributed by atoms with E-state index in [0.29, 0.717) is 26.1 Å². The second-order valence-corrected chi connectivity index (χ2v) is 10.4. The monoisotopic (exact) mass is 270 g/mol. The van der Waals surface area contributed by atoms with Crippen LogP contribution in [0.2, 0.25) is 0 Å². The minimum atomic E-state index is -0.504. The molecule has 2 aliphatic heterocycles. The van der Waals surface area contributed by atoms with Gasteiger partial charge in [-0.05, 0) is 23.3 Å². The average Bonchev–Trinajstić information content (AvgIpc) is 2.88. The van der Waals surface area contributed by atoms with E-state index in [1.54, 1.807) is 11.8 Å². The molecule has 2 saturated heterocycles. The molecule has 0 amide bonds. The fourth-order valence-electron chi connectivity index (χ4n) is 3.66. The lowest BCUT2D eigenvalue weighted by atomic mass is 9.66. The Bertz CT molecular complexity index is 396. The van der Waals surface area contributed by atoms with E-state index in [2.05, 4.69) is 58.5 Å². The van der Waals surface area contributed by atoms with Gasteiger partial charge in [0.25, 0.3) is 0 Å². The summed E-state index contributed by atoms with van der Waals surface area (Å²) in [4.78, 5) is -0.504. The summed E-state index contributed by atoms with van der Waals surface area (Å²) in [5.74, 6) is 0. The minimum Gasteiger partial charge on any atom is -0.375 e. The first-order valence-electron chi connectivity index (χ1n) is 6.38. The highest BCUT2D eigenvalue weighted by atomic mass is 32.2. The van der Waals surface area contributed by atoms with Crippen LogP contribution in [0.3, 0.4) is 0 Å². The van der Waals surface area contributed by atoms with Crippen molar-refractivity contribution in [3.63, 3.8) is 0 Å². The summed E-state index contributed by atoms with van der Waals surface area (Å²) in [5.41, 5.74) is 0.672. The molecule has 3 heteroatoms. The van der Waals surface area contributed by atoms with Crippen molar-refractivity contribution in [3.8, 4) is 0 Å². The van der Waals surface area contributed by atoms with Gasteiger partial charge in [-0.2, -0.15) is 0 Å². The van der Waals surface area contributed by atoms with Crippen molar-refractivity contribution in [2.45, 2.75) is 61.2 Å². The predicted octanol–water partition coefficient (Wildman–Crippen LogP) is 3.68.